The van der Waals surface area contributed by atoms with E-state index in [1.54, 1.807) is 6.07 Å². The van der Waals surface area contributed by atoms with E-state index in [4.69, 9.17) is 15.1 Å². The molecule has 0 aromatic carbocycles. The topological polar surface area (TPSA) is 114 Å². The Kier molecular flexibility index (Phi) is 3.19. The molecule has 1 fully saturated rings. The van der Waals surface area contributed by atoms with E-state index in [0.29, 0.717) is 0 Å². The molecule has 0 amide bonds. The van der Waals surface area contributed by atoms with Gasteiger partial charge in [-0.15, -0.1) is 0 Å². The molecule has 1 rings (SSSR count). The molecule has 13 heavy (non-hydrogen) atoms. The Morgan fingerprint density at radius 2 is 1.77 bits per heavy atom. The van der Waals surface area contributed by atoms with E-state index in [-0.39, 0.29) is 0 Å². The normalized spacial score (nSPS) is 45.6. The smallest absolute Gasteiger partial charge is 0.172 e. The SMILES string of the molecule is N#CC1O[C@H](CO)C(O)C(O)C1O. The minimum Gasteiger partial charge on any atom is -0.394 e. The highest BCUT2D eigenvalue weighted by Crippen LogP contribution is 2.20. The van der Waals surface area contributed by atoms with Crippen LogP contribution in [-0.2, 0) is 4.74 Å². The van der Waals surface area contributed by atoms with Crippen LogP contribution in [0.15, 0.2) is 0 Å². The van der Waals surface area contributed by atoms with Crippen LogP contribution < -0.4 is 0 Å². The Balaban J connectivity index is 2.73. The molecule has 0 radical (unpaired) electrons. The lowest BCUT2D eigenvalue weighted by atomic mass is 9.96. The van der Waals surface area contributed by atoms with Gasteiger partial charge in [-0.1, -0.05) is 0 Å². The number of hydrogen-bond acceptors (Lipinski definition) is 6. The first-order valence-corrected chi connectivity index (χ1v) is 3.82. The summed E-state index contributed by atoms with van der Waals surface area (Å²) in [6.45, 7) is -0.511. The van der Waals surface area contributed by atoms with Gasteiger partial charge in [0.25, 0.3) is 0 Å². The Hall–Kier alpha value is -0.710. The summed E-state index contributed by atoms with van der Waals surface area (Å²) in [6.07, 6.45) is -6.51. The van der Waals surface area contributed by atoms with Crippen molar-refractivity contribution in [3.05, 3.63) is 0 Å². The highest BCUT2D eigenvalue weighted by atomic mass is 16.5. The monoisotopic (exact) mass is 189 g/mol. The van der Waals surface area contributed by atoms with Gasteiger partial charge in [0, 0.05) is 0 Å². The standard InChI is InChI=1S/C7H11NO5/c8-1-3-5(10)7(12)6(11)4(2-9)13-3/h3-7,9-12H,2H2/t3?,4-,5?,6?,7?/m1/s1. The molecule has 1 aliphatic rings. The Morgan fingerprint density at radius 1 is 1.15 bits per heavy atom. The zero-order valence-corrected chi connectivity index (χ0v) is 6.74. The van der Waals surface area contributed by atoms with Crippen LogP contribution in [0.1, 0.15) is 0 Å². The Morgan fingerprint density at radius 3 is 2.23 bits per heavy atom. The number of ether oxygens (including phenoxy) is 1. The molecule has 5 atom stereocenters. The lowest BCUT2D eigenvalue weighted by Gasteiger charge is -2.37. The van der Waals surface area contributed by atoms with E-state index in [1.807, 2.05) is 0 Å². The van der Waals surface area contributed by atoms with Crippen LogP contribution >= 0.6 is 0 Å². The highest BCUT2D eigenvalue weighted by Gasteiger charge is 2.43. The quantitative estimate of drug-likeness (QED) is 0.358. The van der Waals surface area contributed by atoms with Crippen LogP contribution in [0, 0.1) is 11.3 Å². The average Bonchev–Trinajstić information content (AvgIpc) is 2.15. The zero-order chi connectivity index (χ0) is 10.0. The summed E-state index contributed by atoms with van der Waals surface area (Å²) >= 11 is 0. The van der Waals surface area contributed by atoms with E-state index in [1.165, 1.54) is 0 Å². The van der Waals surface area contributed by atoms with Crippen molar-refractivity contribution in [3.8, 4) is 6.07 Å². The van der Waals surface area contributed by atoms with Crippen molar-refractivity contribution in [2.75, 3.05) is 6.61 Å². The molecule has 74 valence electrons. The van der Waals surface area contributed by atoms with Crippen LogP contribution in [0.4, 0.5) is 0 Å². The van der Waals surface area contributed by atoms with Gasteiger partial charge >= 0.3 is 0 Å². The largest absolute Gasteiger partial charge is 0.394 e. The molecule has 0 saturated carbocycles. The third kappa shape index (κ3) is 1.80. The summed E-state index contributed by atoms with van der Waals surface area (Å²) in [6, 6.07) is 1.61. The van der Waals surface area contributed by atoms with Gasteiger partial charge in [-0.05, 0) is 0 Å². The van der Waals surface area contributed by atoms with Crippen LogP contribution in [0.3, 0.4) is 0 Å². The maximum absolute atomic E-state index is 9.22. The molecular formula is C7H11NO5. The molecule has 6 heteroatoms. The Bertz CT molecular complexity index is 213. The molecule has 0 bridgehead atoms. The van der Waals surface area contributed by atoms with Crippen molar-refractivity contribution < 1.29 is 25.2 Å². The van der Waals surface area contributed by atoms with E-state index in [2.05, 4.69) is 0 Å². The van der Waals surface area contributed by atoms with E-state index in [0.717, 1.165) is 0 Å². The second-order valence-corrected chi connectivity index (χ2v) is 2.88. The molecule has 1 saturated heterocycles. The molecule has 0 aromatic heterocycles. The summed E-state index contributed by atoms with van der Waals surface area (Å²) in [5.41, 5.74) is 0. The minimum atomic E-state index is -1.46. The summed E-state index contributed by atoms with van der Waals surface area (Å²) in [7, 11) is 0. The zero-order valence-electron chi connectivity index (χ0n) is 6.74. The fourth-order valence-electron chi connectivity index (χ4n) is 1.21. The lowest BCUT2D eigenvalue weighted by Crippen LogP contribution is -2.58. The van der Waals surface area contributed by atoms with Crippen molar-refractivity contribution in [1.82, 2.24) is 0 Å². The van der Waals surface area contributed by atoms with Crippen molar-refractivity contribution in [3.63, 3.8) is 0 Å². The maximum Gasteiger partial charge on any atom is 0.172 e. The van der Waals surface area contributed by atoms with Crippen molar-refractivity contribution in [1.29, 1.82) is 5.26 Å². The maximum atomic E-state index is 9.22. The second-order valence-electron chi connectivity index (χ2n) is 2.88. The molecule has 0 aliphatic carbocycles. The van der Waals surface area contributed by atoms with Gasteiger partial charge in [-0.3, -0.25) is 0 Å². The fraction of sp³-hybridized carbons (Fsp3) is 0.857. The second kappa shape index (κ2) is 4.00. The van der Waals surface area contributed by atoms with E-state index < -0.39 is 37.1 Å². The van der Waals surface area contributed by atoms with Crippen molar-refractivity contribution in [2.45, 2.75) is 30.5 Å². The number of aliphatic hydroxyl groups excluding tert-OH is 4. The van der Waals surface area contributed by atoms with Crippen molar-refractivity contribution >= 4 is 0 Å². The third-order valence-electron chi connectivity index (χ3n) is 2.02. The molecule has 6 nitrogen and oxygen atoms in total. The number of aliphatic hydroxyl groups is 4. The Labute approximate surface area is 74.6 Å². The first kappa shape index (κ1) is 10.4. The number of rotatable bonds is 1. The van der Waals surface area contributed by atoms with Crippen LogP contribution in [0.25, 0.3) is 0 Å². The van der Waals surface area contributed by atoms with E-state index >= 15 is 0 Å². The third-order valence-corrected chi connectivity index (χ3v) is 2.02. The van der Waals surface area contributed by atoms with Gasteiger partial charge in [-0.2, -0.15) is 5.26 Å². The fourth-order valence-corrected chi connectivity index (χ4v) is 1.21. The molecule has 0 spiro atoms. The van der Waals surface area contributed by atoms with Gasteiger partial charge in [0.15, 0.2) is 6.10 Å². The van der Waals surface area contributed by atoms with E-state index in [9.17, 15) is 15.3 Å². The number of nitrogens with zero attached hydrogens (tertiary/aromatic N) is 1. The molecule has 4 N–H and O–H groups in total. The van der Waals surface area contributed by atoms with Gasteiger partial charge in [0.2, 0.25) is 0 Å². The van der Waals surface area contributed by atoms with Gasteiger partial charge < -0.3 is 25.2 Å². The van der Waals surface area contributed by atoms with Gasteiger partial charge in [0.05, 0.1) is 12.7 Å². The number of nitriles is 1. The predicted molar refractivity (Wildman–Crippen MR) is 39.4 cm³/mol. The first-order valence-electron chi connectivity index (χ1n) is 3.82. The van der Waals surface area contributed by atoms with Crippen LogP contribution in [0.5, 0.6) is 0 Å². The summed E-state index contributed by atoms with van der Waals surface area (Å²) in [5, 5.41) is 44.8. The van der Waals surface area contributed by atoms with Gasteiger partial charge in [0.1, 0.15) is 24.4 Å². The highest BCUT2D eigenvalue weighted by molar-refractivity contribution is 5.01. The molecule has 1 heterocycles. The van der Waals surface area contributed by atoms with Crippen LogP contribution in [-0.4, -0.2) is 57.6 Å². The predicted octanol–water partition coefficient (Wildman–Crippen LogP) is -2.65. The summed E-state index contributed by atoms with van der Waals surface area (Å²) in [4.78, 5) is 0. The molecular weight excluding hydrogens is 178 g/mol. The first-order chi connectivity index (χ1) is 6.11. The van der Waals surface area contributed by atoms with Gasteiger partial charge in [-0.25, -0.2) is 0 Å². The summed E-state index contributed by atoms with van der Waals surface area (Å²) < 4.78 is 4.81. The molecule has 0 aromatic rings. The van der Waals surface area contributed by atoms with Crippen LogP contribution in [0.2, 0.25) is 0 Å². The minimum absolute atomic E-state index is 0.511. The van der Waals surface area contributed by atoms with Crippen molar-refractivity contribution in [2.24, 2.45) is 0 Å². The summed E-state index contributed by atoms with van der Waals surface area (Å²) in [5.74, 6) is 0. The molecule has 1 aliphatic heterocycles. The number of hydrogen-bond donors (Lipinski definition) is 4. The average molecular weight is 189 g/mol. The molecule has 4 unspecified atom stereocenters. The lowest BCUT2D eigenvalue weighted by molar-refractivity contribution is -0.214.